The Morgan fingerprint density at radius 3 is 2.20 bits per heavy atom. The summed E-state index contributed by atoms with van der Waals surface area (Å²) in [5, 5.41) is 8.52. The lowest BCUT2D eigenvalue weighted by molar-refractivity contribution is -0.133. The summed E-state index contributed by atoms with van der Waals surface area (Å²) < 4.78 is 0. The third kappa shape index (κ3) is 5.52. The number of carboxylic acids is 1. The Bertz CT molecular complexity index is 460. The first kappa shape index (κ1) is 16.4. The van der Waals surface area contributed by atoms with Crippen molar-refractivity contribution in [2.24, 2.45) is 0 Å². The number of aliphatic carboxylic acids is 1. The summed E-state index contributed by atoms with van der Waals surface area (Å²) in [6.07, 6.45) is 0. The number of hydrogen-bond acceptors (Lipinski definition) is 4. The molecule has 1 aromatic carbocycles. The molecule has 0 atom stereocenters. The van der Waals surface area contributed by atoms with Crippen molar-refractivity contribution in [3.63, 3.8) is 0 Å². The molecule has 1 aromatic rings. The number of rotatable bonds is 7. The lowest BCUT2D eigenvalue weighted by Gasteiger charge is -2.18. The van der Waals surface area contributed by atoms with Gasteiger partial charge in [-0.15, -0.1) is 11.8 Å². The molecule has 110 valence electrons. The highest BCUT2D eigenvalue weighted by Gasteiger charge is 2.10. The lowest BCUT2D eigenvalue weighted by atomic mass is 10.2. The summed E-state index contributed by atoms with van der Waals surface area (Å²) in [7, 11) is 5.68. The van der Waals surface area contributed by atoms with Crippen LogP contribution in [-0.4, -0.2) is 54.5 Å². The van der Waals surface area contributed by atoms with E-state index in [2.05, 4.69) is 0 Å². The van der Waals surface area contributed by atoms with Crippen molar-refractivity contribution < 1.29 is 14.7 Å². The molecule has 0 aliphatic carbocycles. The summed E-state index contributed by atoms with van der Waals surface area (Å²) in [6.45, 7) is 0.528. The number of benzene rings is 1. The van der Waals surface area contributed by atoms with Gasteiger partial charge in [-0.25, -0.2) is 0 Å². The van der Waals surface area contributed by atoms with Crippen LogP contribution in [0.3, 0.4) is 0 Å². The zero-order valence-corrected chi connectivity index (χ0v) is 12.8. The van der Waals surface area contributed by atoms with Gasteiger partial charge in [0, 0.05) is 33.4 Å². The molecule has 1 N–H and O–H groups in total. The largest absolute Gasteiger partial charge is 0.481 e. The second kappa shape index (κ2) is 7.79. The highest BCUT2D eigenvalue weighted by Crippen LogP contribution is 2.13. The second-order valence-electron chi connectivity index (χ2n) is 4.70. The van der Waals surface area contributed by atoms with Crippen molar-refractivity contribution in [1.82, 2.24) is 4.90 Å². The first-order chi connectivity index (χ1) is 9.40. The molecule has 6 heteroatoms. The highest BCUT2D eigenvalue weighted by atomic mass is 32.2. The smallest absolute Gasteiger partial charge is 0.313 e. The van der Waals surface area contributed by atoms with E-state index in [9.17, 15) is 9.59 Å². The molecule has 0 bridgehead atoms. The molecule has 0 saturated carbocycles. The van der Waals surface area contributed by atoms with Gasteiger partial charge in [-0.1, -0.05) is 12.1 Å². The molecule has 0 spiro atoms. The molecule has 0 radical (unpaired) electrons. The van der Waals surface area contributed by atoms with Gasteiger partial charge in [-0.3, -0.25) is 9.59 Å². The number of hydrogen-bond donors (Lipinski definition) is 1. The van der Waals surface area contributed by atoms with Gasteiger partial charge in [-0.05, 0) is 17.7 Å². The fraction of sp³-hybridized carbons (Fsp3) is 0.429. The van der Waals surface area contributed by atoms with Gasteiger partial charge in [-0.2, -0.15) is 0 Å². The maximum absolute atomic E-state index is 11.8. The molecule has 0 saturated heterocycles. The van der Waals surface area contributed by atoms with Crippen LogP contribution in [0.2, 0.25) is 0 Å². The van der Waals surface area contributed by atoms with E-state index in [1.165, 1.54) is 0 Å². The van der Waals surface area contributed by atoms with Crippen LogP contribution in [0, 0.1) is 0 Å². The molecule has 0 aliphatic heterocycles. The number of carboxylic acid groups (broad SMARTS) is 1. The van der Waals surface area contributed by atoms with Crippen LogP contribution < -0.4 is 4.90 Å². The van der Waals surface area contributed by atoms with Gasteiger partial charge in [0.25, 0.3) is 0 Å². The summed E-state index contributed by atoms with van der Waals surface area (Å²) >= 11 is 1.12. The van der Waals surface area contributed by atoms with E-state index >= 15 is 0 Å². The minimum absolute atomic E-state index is 0.0445. The van der Waals surface area contributed by atoms with Crippen LogP contribution in [0.5, 0.6) is 0 Å². The number of amides is 1. The van der Waals surface area contributed by atoms with Crippen molar-refractivity contribution in [3.8, 4) is 0 Å². The van der Waals surface area contributed by atoms with Crippen LogP contribution in [0.15, 0.2) is 24.3 Å². The minimum Gasteiger partial charge on any atom is -0.481 e. The molecule has 0 aliphatic rings. The van der Waals surface area contributed by atoms with Gasteiger partial charge in [0.05, 0.1) is 11.5 Å². The molecule has 20 heavy (non-hydrogen) atoms. The maximum atomic E-state index is 11.8. The SMILES string of the molecule is CN(Cc1ccc(N(C)C)cc1)C(=O)CSCC(=O)O. The van der Waals surface area contributed by atoms with Crippen molar-refractivity contribution >= 4 is 29.3 Å². The van der Waals surface area contributed by atoms with Crippen LogP contribution >= 0.6 is 11.8 Å². The monoisotopic (exact) mass is 296 g/mol. The molecular weight excluding hydrogens is 276 g/mol. The third-order valence-electron chi connectivity index (χ3n) is 2.75. The van der Waals surface area contributed by atoms with Gasteiger partial charge < -0.3 is 14.9 Å². The quantitative estimate of drug-likeness (QED) is 0.827. The van der Waals surface area contributed by atoms with Crippen LogP contribution in [0.4, 0.5) is 5.69 Å². The third-order valence-corrected chi connectivity index (χ3v) is 3.65. The van der Waals surface area contributed by atoms with E-state index in [-0.39, 0.29) is 17.4 Å². The second-order valence-corrected chi connectivity index (χ2v) is 5.68. The summed E-state index contributed by atoms with van der Waals surface area (Å²) in [5.74, 6) is -0.812. The van der Waals surface area contributed by atoms with Crippen molar-refractivity contribution in [1.29, 1.82) is 0 Å². The van der Waals surface area contributed by atoms with Crippen molar-refractivity contribution in [2.45, 2.75) is 6.54 Å². The predicted molar refractivity (Wildman–Crippen MR) is 82.2 cm³/mol. The molecule has 1 amide bonds. The van der Waals surface area contributed by atoms with Gasteiger partial charge in [0.2, 0.25) is 5.91 Å². The fourth-order valence-corrected chi connectivity index (χ4v) is 2.27. The topological polar surface area (TPSA) is 60.9 Å². The van der Waals surface area contributed by atoms with Crippen LogP contribution in [-0.2, 0) is 16.1 Å². The van der Waals surface area contributed by atoms with E-state index in [1.807, 2.05) is 43.3 Å². The van der Waals surface area contributed by atoms with E-state index < -0.39 is 5.97 Å². The molecule has 0 unspecified atom stereocenters. The number of carbonyl (C=O) groups is 2. The summed E-state index contributed by atoms with van der Waals surface area (Å²) in [4.78, 5) is 25.8. The Kier molecular flexibility index (Phi) is 6.38. The standard InChI is InChI=1S/C14H20N2O3S/c1-15(2)12-6-4-11(5-7-12)8-16(3)13(17)9-20-10-14(18)19/h4-7H,8-10H2,1-3H3,(H,18,19). The molecule has 1 rings (SSSR count). The Morgan fingerprint density at radius 1 is 1.10 bits per heavy atom. The van der Waals surface area contributed by atoms with Gasteiger partial charge in [0.1, 0.15) is 0 Å². The number of carbonyl (C=O) groups excluding carboxylic acids is 1. The highest BCUT2D eigenvalue weighted by molar-refractivity contribution is 8.00. The van der Waals surface area contributed by atoms with Gasteiger partial charge in [0.15, 0.2) is 0 Å². The molecular formula is C14H20N2O3S. The average molecular weight is 296 g/mol. The predicted octanol–water partition coefficient (Wildman–Crippen LogP) is 1.53. The van der Waals surface area contributed by atoms with E-state index in [0.29, 0.717) is 6.54 Å². The zero-order chi connectivity index (χ0) is 15.1. The Hall–Kier alpha value is -1.69. The maximum Gasteiger partial charge on any atom is 0.313 e. The van der Waals surface area contributed by atoms with Crippen molar-refractivity contribution in [2.75, 3.05) is 37.5 Å². The molecule has 0 aromatic heterocycles. The van der Waals surface area contributed by atoms with Crippen molar-refractivity contribution in [3.05, 3.63) is 29.8 Å². The first-order valence-electron chi connectivity index (χ1n) is 6.20. The van der Waals surface area contributed by atoms with Crippen LogP contribution in [0.1, 0.15) is 5.56 Å². The van der Waals surface area contributed by atoms with Gasteiger partial charge >= 0.3 is 5.97 Å². The van der Waals surface area contributed by atoms with Crippen LogP contribution in [0.25, 0.3) is 0 Å². The normalized spacial score (nSPS) is 10.2. The Labute approximate surface area is 123 Å². The summed E-state index contributed by atoms with van der Waals surface area (Å²) in [6, 6.07) is 7.99. The lowest BCUT2D eigenvalue weighted by Crippen LogP contribution is -2.28. The Morgan fingerprint density at radius 2 is 1.70 bits per heavy atom. The van der Waals surface area contributed by atoms with E-state index in [1.54, 1.807) is 11.9 Å². The minimum atomic E-state index is -0.898. The Balaban J connectivity index is 2.46. The molecule has 0 fully saturated rings. The average Bonchev–Trinajstić information content (AvgIpc) is 2.38. The molecule has 0 heterocycles. The number of anilines is 1. The number of nitrogens with zero attached hydrogens (tertiary/aromatic N) is 2. The van der Waals surface area contributed by atoms with E-state index in [0.717, 1.165) is 23.0 Å². The fourth-order valence-electron chi connectivity index (χ4n) is 1.60. The summed E-state index contributed by atoms with van der Waals surface area (Å²) in [5.41, 5.74) is 2.16. The van der Waals surface area contributed by atoms with E-state index in [4.69, 9.17) is 5.11 Å². The molecule has 5 nitrogen and oxygen atoms in total. The zero-order valence-electron chi connectivity index (χ0n) is 12.0. The first-order valence-corrected chi connectivity index (χ1v) is 7.35. The number of thioether (sulfide) groups is 1.